The molecular formula is C14H10BrClO2. The van der Waals surface area contributed by atoms with Crippen LogP contribution < -0.4 is 4.74 Å². The highest BCUT2D eigenvalue weighted by atomic mass is 79.9. The van der Waals surface area contributed by atoms with Crippen molar-refractivity contribution in [2.24, 2.45) is 0 Å². The standard InChI is InChI=1S/C14H10BrClO2/c1-18-13-8-10(5-6-12(13)16)14(17)9-3-2-4-11(15)7-9/h2-8H,1H3. The predicted octanol–water partition coefficient (Wildman–Crippen LogP) is 4.34. The lowest BCUT2D eigenvalue weighted by molar-refractivity contribution is 0.103. The van der Waals surface area contributed by atoms with Gasteiger partial charge in [-0.1, -0.05) is 39.7 Å². The lowest BCUT2D eigenvalue weighted by atomic mass is 10.0. The molecule has 0 aliphatic heterocycles. The second kappa shape index (κ2) is 5.55. The highest BCUT2D eigenvalue weighted by Gasteiger charge is 2.11. The van der Waals surface area contributed by atoms with Crippen molar-refractivity contribution in [1.82, 2.24) is 0 Å². The van der Waals surface area contributed by atoms with Crippen LogP contribution in [0, 0.1) is 0 Å². The number of ketones is 1. The van der Waals surface area contributed by atoms with Crippen LogP contribution in [0.3, 0.4) is 0 Å². The summed E-state index contributed by atoms with van der Waals surface area (Å²) in [6, 6.07) is 12.2. The molecule has 0 aliphatic rings. The monoisotopic (exact) mass is 324 g/mol. The van der Waals surface area contributed by atoms with E-state index in [0.717, 1.165) is 4.47 Å². The first kappa shape index (κ1) is 13.1. The maximum Gasteiger partial charge on any atom is 0.193 e. The zero-order valence-corrected chi connectivity index (χ0v) is 12.0. The van der Waals surface area contributed by atoms with Gasteiger partial charge in [0.05, 0.1) is 12.1 Å². The smallest absolute Gasteiger partial charge is 0.193 e. The molecule has 0 amide bonds. The Morgan fingerprint density at radius 3 is 2.56 bits per heavy atom. The van der Waals surface area contributed by atoms with Crippen LogP contribution in [0.15, 0.2) is 46.9 Å². The van der Waals surface area contributed by atoms with Gasteiger partial charge in [0.15, 0.2) is 5.78 Å². The van der Waals surface area contributed by atoms with Crippen molar-refractivity contribution < 1.29 is 9.53 Å². The molecule has 2 rings (SSSR count). The first-order valence-electron chi connectivity index (χ1n) is 5.25. The van der Waals surface area contributed by atoms with E-state index in [1.54, 1.807) is 30.3 Å². The minimum Gasteiger partial charge on any atom is -0.495 e. The number of rotatable bonds is 3. The maximum atomic E-state index is 12.3. The van der Waals surface area contributed by atoms with Crippen LogP contribution in [-0.2, 0) is 0 Å². The zero-order valence-electron chi connectivity index (χ0n) is 9.61. The van der Waals surface area contributed by atoms with Crippen molar-refractivity contribution in [2.75, 3.05) is 7.11 Å². The first-order valence-corrected chi connectivity index (χ1v) is 6.42. The summed E-state index contributed by atoms with van der Waals surface area (Å²) in [5.41, 5.74) is 1.17. The molecule has 2 nitrogen and oxygen atoms in total. The Bertz CT molecular complexity index is 596. The number of carbonyl (C=O) groups is 1. The molecule has 0 radical (unpaired) electrons. The molecule has 0 saturated heterocycles. The molecule has 0 aromatic heterocycles. The third kappa shape index (κ3) is 2.74. The van der Waals surface area contributed by atoms with Crippen LogP contribution in [0.2, 0.25) is 5.02 Å². The van der Waals surface area contributed by atoms with Crippen LogP contribution >= 0.6 is 27.5 Å². The molecule has 0 bridgehead atoms. The lowest BCUT2D eigenvalue weighted by Gasteiger charge is -2.06. The molecule has 18 heavy (non-hydrogen) atoms. The second-order valence-corrected chi connectivity index (χ2v) is 5.01. The van der Waals surface area contributed by atoms with Gasteiger partial charge in [0.2, 0.25) is 0 Å². The van der Waals surface area contributed by atoms with Gasteiger partial charge in [-0.05, 0) is 30.3 Å². The minimum absolute atomic E-state index is 0.0636. The van der Waals surface area contributed by atoms with Gasteiger partial charge in [0.1, 0.15) is 5.75 Å². The Hall–Kier alpha value is -1.32. The highest BCUT2D eigenvalue weighted by molar-refractivity contribution is 9.10. The van der Waals surface area contributed by atoms with Gasteiger partial charge < -0.3 is 4.74 Å². The van der Waals surface area contributed by atoms with Gasteiger partial charge in [0.25, 0.3) is 0 Å². The third-order valence-electron chi connectivity index (χ3n) is 2.50. The van der Waals surface area contributed by atoms with E-state index in [0.29, 0.717) is 21.9 Å². The molecule has 0 saturated carbocycles. The van der Waals surface area contributed by atoms with E-state index >= 15 is 0 Å². The van der Waals surface area contributed by atoms with Crippen LogP contribution in [0.1, 0.15) is 15.9 Å². The van der Waals surface area contributed by atoms with Crippen LogP contribution in [0.5, 0.6) is 5.75 Å². The van der Waals surface area contributed by atoms with Gasteiger partial charge in [-0.2, -0.15) is 0 Å². The minimum atomic E-state index is -0.0636. The first-order chi connectivity index (χ1) is 8.61. The van der Waals surface area contributed by atoms with Gasteiger partial charge in [-0.15, -0.1) is 0 Å². The second-order valence-electron chi connectivity index (χ2n) is 3.69. The van der Waals surface area contributed by atoms with Crippen LogP contribution in [-0.4, -0.2) is 12.9 Å². The van der Waals surface area contributed by atoms with Crippen molar-refractivity contribution >= 4 is 33.3 Å². The fourth-order valence-corrected chi connectivity index (χ4v) is 2.19. The maximum absolute atomic E-state index is 12.3. The molecule has 0 atom stereocenters. The molecule has 2 aromatic rings. The molecule has 0 heterocycles. The fraction of sp³-hybridized carbons (Fsp3) is 0.0714. The van der Waals surface area contributed by atoms with E-state index in [9.17, 15) is 4.79 Å². The summed E-state index contributed by atoms with van der Waals surface area (Å²) in [5, 5.41) is 0.489. The molecule has 2 aromatic carbocycles. The number of benzene rings is 2. The quantitative estimate of drug-likeness (QED) is 0.785. The van der Waals surface area contributed by atoms with Gasteiger partial charge >= 0.3 is 0 Å². The summed E-state index contributed by atoms with van der Waals surface area (Å²) >= 11 is 9.27. The van der Waals surface area contributed by atoms with Gasteiger partial charge in [-0.25, -0.2) is 0 Å². The molecule has 0 aliphatic carbocycles. The third-order valence-corrected chi connectivity index (χ3v) is 3.31. The SMILES string of the molecule is COc1cc(C(=O)c2cccc(Br)c2)ccc1Cl. The van der Waals surface area contributed by atoms with E-state index in [-0.39, 0.29) is 5.78 Å². The molecule has 0 spiro atoms. The van der Waals surface area contributed by atoms with E-state index < -0.39 is 0 Å². The van der Waals surface area contributed by atoms with E-state index in [1.165, 1.54) is 7.11 Å². The average molecular weight is 326 g/mol. The molecule has 92 valence electrons. The highest BCUT2D eigenvalue weighted by Crippen LogP contribution is 2.26. The predicted molar refractivity (Wildman–Crippen MR) is 75.6 cm³/mol. The lowest BCUT2D eigenvalue weighted by Crippen LogP contribution is -2.01. The van der Waals surface area contributed by atoms with Crippen molar-refractivity contribution in [1.29, 1.82) is 0 Å². The molecule has 0 fully saturated rings. The Balaban J connectivity index is 2.40. The summed E-state index contributed by atoms with van der Waals surface area (Å²) in [7, 11) is 1.52. The van der Waals surface area contributed by atoms with Crippen molar-refractivity contribution in [2.45, 2.75) is 0 Å². The molecule has 0 N–H and O–H groups in total. The Morgan fingerprint density at radius 1 is 1.17 bits per heavy atom. The molecule has 0 unspecified atom stereocenters. The van der Waals surface area contributed by atoms with Crippen molar-refractivity contribution in [3.8, 4) is 5.75 Å². The molecular weight excluding hydrogens is 316 g/mol. The largest absolute Gasteiger partial charge is 0.495 e. The topological polar surface area (TPSA) is 26.3 Å². The van der Waals surface area contributed by atoms with Crippen LogP contribution in [0.25, 0.3) is 0 Å². The number of carbonyl (C=O) groups excluding carboxylic acids is 1. The van der Waals surface area contributed by atoms with Crippen molar-refractivity contribution in [3.05, 3.63) is 63.1 Å². The fourth-order valence-electron chi connectivity index (χ4n) is 1.60. The zero-order chi connectivity index (χ0) is 13.1. The summed E-state index contributed by atoms with van der Waals surface area (Å²) in [6.07, 6.45) is 0. The summed E-state index contributed by atoms with van der Waals surface area (Å²) in [5.74, 6) is 0.434. The van der Waals surface area contributed by atoms with Gasteiger partial charge in [0, 0.05) is 15.6 Å². The van der Waals surface area contributed by atoms with E-state index in [4.69, 9.17) is 16.3 Å². The Kier molecular flexibility index (Phi) is 4.04. The van der Waals surface area contributed by atoms with Gasteiger partial charge in [-0.3, -0.25) is 4.79 Å². The number of hydrogen-bond acceptors (Lipinski definition) is 2. The normalized spacial score (nSPS) is 10.2. The summed E-state index contributed by atoms with van der Waals surface area (Å²) in [4.78, 5) is 12.3. The van der Waals surface area contributed by atoms with E-state index in [1.807, 2.05) is 12.1 Å². The number of hydrogen-bond donors (Lipinski definition) is 0. The summed E-state index contributed by atoms with van der Waals surface area (Å²) < 4.78 is 5.97. The van der Waals surface area contributed by atoms with Crippen LogP contribution in [0.4, 0.5) is 0 Å². The van der Waals surface area contributed by atoms with Crippen molar-refractivity contribution in [3.63, 3.8) is 0 Å². The Morgan fingerprint density at radius 2 is 1.89 bits per heavy atom. The number of methoxy groups -OCH3 is 1. The molecule has 4 heteroatoms. The number of ether oxygens (including phenoxy) is 1. The average Bonchev–Trinajstić information content (AvgIpc) is 2.38. The van der Waals surface area contributed by atoms with E-state index in [2.05, 4.69) is 15.9 Å². The summed E-state index contributed by atoms with van der Waals surface area (Å²) in [6.45, 7) is 0. The Labute approximate surface area is 119 Å². The number of halogens is 2.